The topological polar surface area (TPSA) is 35.5 Å². The van der Waals surface area contributed by atoms with E-state index in [1.807, 2.05) is 0 Å². The Bertz CT molecular complexity index is 191. The first-order valence-electron chi connectivity index (χ1n) is 5.83. The molecule has 0 aromatic rings. The van der Waals surface area contributed by atoms with E-state index in [1.54, 1.807) is 0 Å². The summed E-state index contributed by atoms with van der Waals surface area (Å²) in [6.45, 7) is 13.8. The molecule has 0 amide bonds. The van der Waals surface area contributed by atoms with Gasteiger partial charge in [0.2, 0.25) is 0 Å². The summed E-state index contributed by atoms with van der Waals surface area (Å²) < 4.78 is 21.6. The molecule has 0 aliphatic rings. The predicted octanol–water partition coefficient (Wildman–Crippen LogP) is 4.55. The maximum Gasteiger partial charge on any atom is 0.697 e. The summed E-state index contributed by atoms with van der Waals surface area (Å²) in [5, 5.41) is 0. The van der Waals surface area contributed by atoms with Crippen LogP contribution in [0, 0.1) is 10.8 Å². The van der Waals surface area contributed by atoms with E-state index in [0.717, 1.165) is 12.8 Å². The molecule has 0 unspecified atom stereocenters. The van der Waals surface area contributed by atoms with Crippen molar-refractivity contribution < 1.29 is 13.6 Å². The molecule has 96 valence electrons. The third kappa shape index (κ3) is 12.1. The van der Waals surface area contributed by atoms with Crippen molar-refractivity contribution in [3.05, 3.63) is 0 Å². The first-order valence-corrected chi connectivity index (χ1v) is 6.93. The van der Waals surface area contributed by atoms with Crippen LogP contribution < -0.4 is 0 Å². The van der Waals surface area contributed by atoms with E-state index in [2.05, 4.69) is 41.5 Å². The van der Waals surface area contributed by atoms with Gasteiger partial charge in [0, 0.05) is 4.57 Å². The molecule has 0 rings (SSSR count). The van der Waals surface area contributed by atoms with Gasteiger partial charge in [0.15, 0.2) is 0 Å². The lowest BCUT2D eigenvalue weighted by molar-refractivity contribution is 0.182. The van der Waals surface area contributed by atoms with E-state index in [-0.39, 0.29) is 10.8 Å². The van der Waals surface area contributed by atoms with Crippen molar-refractivity contribution in [3.63, 3.8) is 0 Å². The molecule has 0 aliphatic carbocycles. The van der Waals surface area contributed by atoms with E-state index >= 15 is 0 Å². The Morgan fingerprint density at radius 1 is 0.812 bits per heavy atom. The molecule has 0 bridgehead atoms. The van der Waals surface area contributed by atoms with Crippen molar-refractivity contribution in [1.82, 2.24) is 0 Å². The average molecular weight is 249 g/mol. The maximum absolute atomic E-state index is 11.3. The fourth-order valence-corrected chi connectivity index (χ4v) is 1.45. The van der Waals surface area contributed by atoms with E-state index in [4.69, 9.17) is 9.05 Å². The smallest absolute Gasteiger partial charge is 0.119 e. The van der Waals surface area contributed by atoms with Crippen molar-refractivity contribution in [3.8, 4) is 0 Å². The van der Waals surface area contributed by atoms with Crippen LogP contribution in [-0.4, -0.2) is 13.2 Å². The Labute approximate surface area is 101 Å². The summed E-state index contributed by atoms with van der Waals surface area (Å²) >= 11 is 0. The van der Waals surface area contributed by atoms with Gasteiger partial charge in [-0.2, -0.15) is 0 Å². The minimum atomic E-state index is -1.94. The van der Waals surface area contributed by atoms with Crippen molar-refractivity contribution in [1.29, 1.82) is 0 Å². The van der Waals surface area contributed by atoms with Crippen LogP contribution in [0.2, 0.25) is 0 Å². The van der Waals surface area contributed by atoms with Crippen molar-refractivity contribution in [2.75, 3.05) is 13.2 Å². The summed E-state index contributed by atoms with van der Waals surface area (Å²) in [6, 6.07) is 0. The molecule has 0 spiro atoms. The van der Waals surface area contributed by atoms with Gasteiger partial charge in [-0.3, -0.25) is 0 Å². The first-order chi connectivity index (χ1) is 7.10. The lowest BCUT2D eigenvalue weighted by Gasteiger charge is -2.15. The van der Waals surface area contributed by atoms with Gasteiger partial charge in [0.25, 0.3) is 0 Å². The van der Waals surface area contributed by atoms with E-state index in [0.29, 0.717) is 13.2 Å². The SMILES string of the molecule is CC(C)(C)CCO[P+](=O)OCCC(C)(C)C. The van der Waals surface area contributed by atoms with Gasteiger partial charge < -0.3 is 0 Å². The standard InChI is InChI=1S/C12H26O3P/c1-11(2,3)7-9-14-16(13)15-10-8-12(4,5)6/h7-10H2,1-6H3/q+1. The Morgan fingerprint density at radius 3 is 1.38 bits per heavy atom. The van der Waals surface area contributed by atoms with Gasteiger partial charge in [-0.15, -0.1) is 9.05 Å². The fraction of sp³-hybridized carbons (Fsp3) is 1.00. The molecule has 0 aromatic carbocycles. The van der Waals surface area contributed by atoms with Gasteiger partial charge in [0.05, 0.1) is 0 Å². The van der Waals surface area contributed by atoms with Crippen molar-refractivity contribution in [2.24, 2.45) is 10.8 Å². The maximum atomic E-state index is 11.3. The average Bonchev–Trinajstić information content (AvgIpc) is 1.98. The van der Waals surface area contributed by atoms with Crippen LogP contribution in [0.5, 0.6) is 0 Å². The summed E-state index contributed by atoms with van der Waals surface area (Å²) in [4.78, 5) is 0. The molecule has 0 aliphatic heterocycles. The second-order valence-corrected chi connectivity index (χ2v) is 7.47. The second-order valence-electron chi connectivity index (χ2n) is 6.51. The van der Waals surface area contributed by atoms with Crippen molar-refractivity contribution in [2.45, 2.75) is 54.4 Å². The van der Waals surface area contributed by atoms with E-state index < -0.39 is 8.25 Å². The van der Waals surface area contributed by atoms with Crippen LogP contribution in [0.15, 0.2) is 0 Å². The largest absolute Gasteiger partial charge is 0.697 e. The van der Waals surface area contributed by atoms with Crippen LogP contribution >= 0.6 is 8.25 Å². The van der Waals surface area contributed by atoms with Crippen LogP contribution in [0.1, 0.15) is 54.4 Å². The third-order valence-corrected chi connectivity index (χ3v) is 2.88. The number of hydrogen-bond acceptors (Lipinski definition) is 3. The lowest BCUT2D eigenvalue weighted by atomic mass is 9.93. The van der Waals surface area contributed by atoms with E-state index in [9.17, 15) is 4.57 Å². The molecule has 3 nitrogen and oxygen atoms in total. The van der Waals surface area contributed by atoms with E-state index in [1.165, 1.54) is 0 Å². The van der Waals surface area contributed by atoms with Gasteiger partial charge in [-0.05, 0) is 23.7 Å². The van der Waals surface area contributed by atoms with Crippen LogP contribution in [0.3, 0.4) is 0 Å². The van der Waals surface area contributed by atoms with Gasteiger partial charge in [-0.1, -0.05) is 41.5 Å². The van der Waals surface area contributed by atoms with Gasteiger partial charge in [-0.25, -0.2) is 0 Å². The predicted molar refractivity (Wildman–Crippen MR) is 67.7 cm³/mol. The highest BCUT2D eigenvalue weighted by Gasteiger charge is 2.23. The number of hydrogen-bond donors (Lipinski definition) is 0. The quantitative estimate of drug-likeness (QED) is 0.648. The van der Waals surface area contributed by atoms with Crippen LogP contribution in [-0.2, 0) is 13.6 Å². The van der Waals surface area contributed by atoms with Gasteiger partial charge >= 0.3 is 8.25 Å². The zero-order valence-electron chi connectivity index (χ0n) is 11.5. The van der Waals surface area contributed by atoms with Crippen LogP contribution in [0.25, 0.3) is 0 Å². The molecule has 0 radical (unpaired) electrons. The fourth-order valence-electron chi connectivity index (χ4n) is 0.890. The minimum Gasteiger partial charge on any atom is -0.119 e. The molecule has 0 heterocycles. The molecule has 0 fully saturated rings. The molecule has 4 heteroatoms. The Balaban J connectivity index is 3.53. The lowest BCUT2D eigenvalue weighted by Crippen LogP contribution is -2.09. The summed E-state index contributed by atoms with van der Waals surface area (Å²) in [7, 11) is -1.94. The molecule has 0 atom stereocenters. The Hall–Kier alpha value is 0.0200. The van der Waals surface area contributed by atoms with Crippen LogP contribution in [0.4, 0.5) is 0 Å². The summed E-state index contributed by atoms with van der Waals surface area (Å²) in [6.07, 6.45) is 1.77. The Morgan fingerprint density at radius 2 is 1.12 bits per heavy atom. The molecular formula is C12H26O3P+. The zero-order valence-corrected chi connectivity index (χ0v) is 12.4. The highest BCUT2D eigenvalue weighted by molar-refractivity contribution is 7.33. The summed E-state index contributed by atoms with van der Waals surface area (Å²) in [5.41, 5.74) is 0.420. The monoisotopic (exact) mass is 249 g/mol. The molecule has 0 saturated heterocycles. The highest BCUT2D eigenvalue weighted by Crippen LogP contribution is 2.29. The normalized spacial score (nSPS) is 12.9. The third-order valence-electron chi connectivity index (χ3n) is 2.10. The highest BCUT2D eigenvalue weighted by atomic mass is 31.1. The number of rotatable bonds is 6. The summed E-state index contributed by atoms with van der Waals surface area (Å²) in [5.74, 6) is 0. The van der Waals surface area contributed by atoms with Crippen molar-refractivity contribution >= 4 is 8.25 Å². The molecule has 0 N–H and O–H groups in total. The molecule has 0 aromatic heterocycles. The zero-order chi connectivity index (χ0) is 12.8. The molecular weight excluding hydrogens is 223 g/mol. The molecule has 0 saturated carbocycles. The second kappa shape index (κ2) is 6.68. The van der Waals surface area contributed by atoms with Gasteiger partial charge in [0.1, 0.15) is 13.2 Å². The minimum absolute atomic E-state index is 0.210. The first kappa shape index (κ1) is 16.0. The Kier molecular flexibility index (Phi) is 6.69. The molecule has 16 heavy (non-hydrogen) atoms.